The van der Waals surface area contributed by atoms with E-state index >= 15 is 0 Å². The van der Waals surface area contributed by atoms with Gasteiger partial charge in [0.05, 0.1) is 12.1 Å². The lowest BCUT2D eigenvalue weighted by Crippen LogP contribution is -2.26. The lowest BCUT2D eigenvalue weighted by molar-refractivity contribution is -0.121. The quantitative estimate of drug-likeness (QED) is 0.551. The molecule has 3 rings (SSSR count). The molecule has 1 N–H and O–H groups in total. The van der Waals surface area contributed by atoms with Crippen LogP contribution in [0.5, 0.6) is 0 Å². The molecule has 3 nitrogen and oxygen atoms in total. The molecule has 3 aromatic carbocycles. The van der Waals surface area contributed by atoms with E-state index in [2.05, 4.69) is 10.5 Å². The number of hydrazone groups is 1. The summed E-state index contributed by atoms with van der Waals surface area (Å²) in [6, 6.07) is 27.4. The minimum atomic E-state index is -0.391. The van der Waals surface area contributed by atoms with Gasteiger partial charge in [-0.3, -0.25) is 4.79 Å². The van der Waals surface area contributed by atoms with Crippen LogP contribution in [0.3, 0.4) is 0 Å². The molecule has 0 aliphatic heterocycles. The maximum atomic E-state index is 12.8. The van der Waals surface area contributed by atoms with E-state index in [0.29, 0.717) is 0 Å². The van der Waals surface area contributed by atoms with Gasteiger partial charge in [-0.05, 0) is 23.6 Å². The molecule has 0 aliphatic carbocycles. The van der Waals surface area contributed by atoms with Crippen LogP contribution in [-0.2, 0) is 4.79 Å². The molecule has 0 radical (unpaired) electrons. The zero-order chi connectivity index (χ0) is 17.5. The summed E-state index contributed by atoms with van der Waals surface area (Å²) in [4.78, 5) is 12.8. The summed E-state index contributed by atoms with van der Waals surface area (Å²) in [7, 11) is 0. The number of hydrogen-bond donors (Lipinski definition) is 1. The van der Waals surface area contributed by atoms with Crippen molar-refractivity contribution in [3.63, 3.8) is 0 Å². The van der Waals surface area contributed by atoms with Gasteiger partial charge >= 0.3 is 0 Å². The molecule has 0 spiro atoms. The maximum Gasteiger partial charge on any atom is 0.252 e. The SMILES string of the molecule is Cc1ccc(/C=N/NC(=O)C(c2ccccc2)c2ccccc2)cc1. The highest BCUT2D eigenvalue weighted by Gasteiger charge is 2.22. The van der Waals surface area contributed by atoms with E-state index in [1.807, 2.05) is 91.9 Å². The fraction of sp³-hybridized carbons (Fsp3) is 0.0909. The van der Waals surface area contributed by atoms with Crippen LogP contribution in [0.25, 0.3) is 0 Å². The predicted octanol–water partition coefficient (Wildman–Crippen LogP) is 4.28. The van der Waals surface area contributed by atoms with Crippen LogP contribution in [0.1, 0.15) is 28.2 Å². The third kappa shape index (κ3) is 4.42. The Hall–Kier alpha value is -3.20. The molecule has 0 saturated carbocycles. The maximum absolute atomic E-state index is 12.8. The third-order valence-corrected chi connectivity index (χ3v) is 3.99. The van der Waals surface area contributed by atoms with E-state index in [1.54, 1.807) is 6.21 Å². The summed E-state index contributed by atoms with van der Waals surface area (Å²) < 4.78 is 0. The lowest BCUT2D eigenvalue weighted by Gasteiger charge is -2.16. The molecular formula is C22H20N2O. The van der Waals surface area contributed by atoms with Crippen molar-refractivity contribution in [2.24, 2.45) is 5.10 Å². The Balaban J connectivity index is 1.79. The Morgan fingerprint density at radius 3 is 1.88 bits per heavy atom. The van der Waals surface area contributed by atoms with E-state index in [1.165, 1.54) is 5.56 Å². The standard InChI is InChI=1S/C22H20N2O/c1-17-12-14-18(15-13-17)16-23-24-22(25)21(19-8-4-2-5-9-19)20-10-6-3-7-11-20/h2-16,21H,1H3,(H,24,25)/b23-16+. The molecule has 0 saturated heterocycles. The summed E-state index contributed by atoms with van der Waals surface area (Å²) in [5.41, 5.74) is 6.69. The fourth-order valence-corrected chi connectivity index (χ4v) is 2.67. The average molecular weight is 328 g/mol. The first-order chi connectivity index (χ1) is 12.2. The van der Waals surface area contributed by atoms with Gasteiger partial charge in [0.25, 0.3) is 5.91 Å². The molecule has 1 amide bonds. The number of nitrogens with one attached hydrogen (secondary N) is 1. The zero-order valence-electron chi connectivity index (χ0n) is 14.1. The number of nitrogens with zero attached hydrogens (tertiary/aromatic N) is 1. The molecule has 3 heteroatoms. The van der Waals surface area contributed by atoms with Crippen LogP contribution in [0.4, 0.5) is 0 Å². The Morgan fingerprint density at radius 1 is 0.840 bits per heavy atom. The highest BCUT2D eigenvalue weighted by molar-refractivity contribution is 5.88. The summed E-state index contributed by atoms with van der Waals surface area (Å²) in [6.07, 6.45) is 1.66. The molecule has 0 atom stereocenters. The Bertz CT molecular complexity index is 801. The van der Waals surface area contributed by atoms with Crippen LogP contribution in [0.15, 0.2) is 90.0 Å². The normalized spacial score (nSPS) is 11.0. The van der Waals surface area contributed by atoms with Crippen molar-refractivity contribution in [3.8, 4) is 0 Å². The minimum Gasteiger partial charge on any atom is -0.272 e. The van der Waals surface area contributed by atoms with Gasteiger partial charge in [0.1, 0.15) is 0 Å². The molecule has 0 bridgehead atoms. The van der Waals surface area contributed by atoms with Gasteiger partial charge in [-0.25, -0.2) is 5.43 Å². The topological polar surface area (TPSA) is 41.5 Å². The van der Waals surface area contributed by atoms with Crippen LogP contribution in [0, 0.1) is 6.92 Å². The number of rotatable bonds is 5. The molecule has 0 aromatic heterocycles. The van der Waals surface area contributed by atoms with Gasteiger partial charge in [-0.1, -0.05) is 90.5 Å². The smallest absolute Gasteiger partial charge is 0.252 e. The largest absolute Gasteiger partial charge is 0.272 e. The summed E-state index contributed by atoms with van der Waals surface area (Å²) >= 11 is 0. The second-order valence-electron chi connectivity index (χ2n) is 5.90. The van der Waals surface area contributed by atoms with Gasteiger partial charge in [0.15, 0.2) is 0 Å². The van der Waals surface area contributed by atoms with Crippen molar-refractivity contribution in [1.29, 1.82) is 0 Å². The van der Waals surface area contributed by atoms with Gasteiger partial charge in [0.2, 0.25) is 0 Å². The molecule has 25 heavy (non-hydrogen) atoms. The van der Waals surface area contributed by atoms with Crippen LogP contribution < -0.4 is 5.43 Å². The van der Waals surface area contributed by atoms with E-state index in [0.717, 1.165) is 16.7 Å². The molecule has 0 unspecified atom stereocenters. The summed E-state index contributed by atoms with van der Waals surface area (Å²) in [6.45, 7) is 2.03. The van der Waals surface area contributed by atoms with Crippen molar-refractivity contribution in [2.45, 2.75) is 12.8 Å². The highest BCUT2D eigenvalue weighted by Crippen LogP contribution is 2.24. The second kappa shape index (κ2) is 8.06. The second-order valence-corrected chi connectivity index (χ2v) is 5.90. The van der Waals surface area contributed by atoms with E-state index in [4.69, 9.17) is 0 Å². The van der Waals surface area contributed by atoms with E-state index in [-0.39, 0.29) is 5.91 Å². The molecule has 3 aromatic rings. The first-order valence-electron chi connectivity index (χ1n) is 8.23. The average Bonchev–Trinajstić information content (AvgIpc) is 2.65. The molecule has 124 valence electrons. The first-order valence-corrected chi connectivity index (χ1v) is 8.23. The monoisotopic (exact) mass is 328 g/mol. The van der Waals surface area contributed by atoms with Crippen LogP contribution >= 0.6 is 0 Å². The number of aryl methyl sites for hydroxylation is 1. The van der Waals surface area contributed by atoms with Crippen molar-refractivity contribution >= 4 is 12.1 Å². The minimum absolute atomic E-state index is 0.152. The van der Waals surface area contributed by atoms with Gasteiger partial charge < -0.3 is 0 Å². The van der Waals surface area contributed by atoms with Crippen molar-refractivity contribution in [3.05, 3.63) is 107 Å². The Kier molecular flexibility index (Phi) is 5.37. The number of carbonyl (C=O) groups excluding carboxylic acids is 1. The lowest BCUT2D eigenvalue weighted by atomic mass is 9.91. The molecular weight excluding hydrogens is 308 g/mol. The number of hydrogen-bond acceptors (Lipinski definition) is 2. The molecule has 0 heterocycles. The number of amides is 1. The van der Waals surface area contributed by atoms with E-state index < -0.39 is 5.92 Å². The molecule has 0 aliphatic rings. The van der Waals surface area contributed by atoms with Gasteiger partial charge in [0, 0.05) is 0 Å². The van der Waals surface area contributed by atoms with Crippen LogP contribution in [0.2, 0.25) is 0 Å². The zero-order valence-corrected chi connectivity index (χ0v) is 14.1. The van der Waals surface area contributed by atoms with Gasteiger partial charge in [-0.2, -0.15) is 5.10 Å². The van der Waals surface area contributed by atoms with Crippen molar-refractivity contribution in [2.75, 3.05) is 0 Å². The third-order valence-electron chi connectivity index (χ3n) is 3.99. The highest BCUT2D eigenvalue weighted by atomic mass is 16.2. The van der Waals surface area contributed by atoms with Gasteiger partial charge in [-0.15, -0.1) is 0 Å². The first kappa shape index (κ1) is 16.7. The summed E-state index contributed by atoms with van der Waals surface area (Å²) in [5.74, 6) is -0.543. The Labute approximate surface area is 148 Å². The number of carbonyl (C=O) groups is 1. The summed E-state index contributed by atoms with van der Waals surface area (Å²) in [5, 5.41) is 4.12. The van der Waals surface area contributed by atoms with Crippen LogP contribution in [-0.4, -0.2) is 12.1 Å². The Morgan fingerprint density at radius 2 is 1.36 bits per heavy atom. The predicted molar refractivity (Wildman–Crippen MR) is 102 cm³/mol. The van der Waals surface area contributed by atoms with Crippen molar-refractivity contribution in [1.82, 2.24) is 5.43 Å². The van der Waals surface area contributed by atoms with Crippen molar-refractivity contribution < 1.29 is 4.79 Å². The number of benzene rings is 3. The van der Waals surface area contributed by atoms with E-state index in [9.17, 15) is 4.79 Å². The fourth-order valence-electron chi connectivity index (χ4n) is 2.67. The molecule has 0 fully saturated rings.